The van der Waals surface area contributed by atoms with Gasteiger partial charge in [-0.3, -0.25) is 19.6 Å². The predicted molar refractivity (Wildman–Crippen MR) is 79.2 cm³/mol. The van der Waals surface area contributed by atoms with Gasteiger partial charge in [0.15, 0.2) is 0 Å². The van der Waals surface area contributed by atoms with E-state index in [1.165, 1.54) is 5.56 Å². The van der Waals surface area contributed by atoms with Crippen LogP contribution in [0.25, 0.3) is 0 Å². The highest BCUT2D eigenvalue weighted by atomic mass is 16.2. The molecule has 0 aliphatic carbocycles. The third kappa shape index (κ3) is 3.55. The molecule has 1 N–H and O–H groups in total. The van der Waals surface area contributed by atoms with Crippen molar-refractivity contribution in [3.05, 3.63) is 30.1 Å². The molecule has 2 heterocycles. The average Bonchev–Trinajstić information content (AvgIpc) is 2.47. The fourth-order valence-electron chi connectivity index (χ4n) is 2.76. The molecule has 20 heavy (non-hydrogen) atoms. The molecule has 1 aromatic rings. The minimum absolute atomic E-state index is 0.0596. The SMILES string of the molecule is CNC(=O)[C@H]1CN(Cc2ccncc2)CCN1C(C)C. The summed E-state index contributed by atoms with van der Waals surface area (Å²) in [5.74, 6) is 0.109. The van der Waals surface area contributed by atoms with Crippen LogP contribution in [0.5, 0.6) is 0 Å². The van der Waals surface area contributed by atoms with Crippen LogP contribution in [0.4, 0.5) is 0 Å². The Labute approximate surface area is 121 Å². The van der Waals surface area contributed by atoms with Gasteiger partial charge in [0.05, 0.1) is 0 Å². The van der Waals surface area contributed by atoms with Gasteiger partial charge in [0.25, 0.3) is 0 Å². The van der Waals surface area contributed by atoms with Crippen molar-refractivity contribution >= 4 is 5.91 Å². The van der Waals surface area contributed by atoms with E-state index in [0.29, 0.717) is 6.04 Å². The number of aromatic nitrogens is 1. The first-order valence-corrected chi connectivity index (χ1v) is 7.20. The second kappa shape index (κ2) is 6.81. The Morgan fingerprint density at radius 2 is 2.10 bits per heavy atom. The van der Waals surface area contributed by atoms with Crippen molar-refractivity contribution in [1.82, 2.24) is 20.1 Å². The lowest BCUT2D eigenvalue weighted by molar-refractivity contribution is -0.129. The van der Waals surface area contributed by atoms with Crippen LogP contribution >= 0.6 is 0 Å². The second-order valence-corrected chi connectivity index (χ2v) is 5.55. The van der Waals surface area contributed by atoms with E-state index in [-0.39, 0.29) is 11.9 Å². The third-order valence-corrected chi connectivity index (χ3v) is 3.87. The van der Waals surface area contributed by atoms with Crippen molar-refractivity contribution in [2.24, 2.45) is 0 Å². The summed E-state index contributed by atoms with van der Waals surface area (Å²) in [4.78, 5) is 20.8. The topological polar surface area (TPSA) is 48.5 Å². The van der Waals surface area contributed by atoms with Gasteiger partial charge in [-0.2, -0.15) is 0 Å². The van der Waals surface area contributed by atoms with Crippen LogP contribution in [0.1, 0.15) is 19.4 Å². The first kappa shape index (κ1) is 14.9. The van der Waals surface area contributed by atoms with Crippen LogP contribution in [-0.2, 0) is 11.3 Å². The molecule has 0 saturated carbocycles. The molecular formula is C15H24N4O. The molecular weight excluding hydrogens is 252 g/mol. The van der Waals surface area contributed by atoms with Gasteiger partial charge in [-0.25, -0.2) is 0 Å². The van der Waals surface area contributed by atoms with Gasteiger partial charge in [-0.05, 0) is 31.5 Å². The Morgan fingerprint density at radius 3 is 2.70 bits per heavy atom. The lowest BCUT2D eigenvalue weighted by Crippen LogP contribution is -2.60. The molecule has 5 nitrogen and oxygen atoms in total. The van der Waals surface area contributed by atoms with Crippen LogP contribution in [-0.4, -0.2) is 59.5 Å². The number of hydrogen-bond acceptors (Lipinski definition) is 4. The van der Waals surface area contributed by atoms with E-state index in [1.54, 1.807) is 7.05 Å². The summed E-state index contributed by atoms with van der Waals surface area (Å²) < 4.78 is 0. The third-order valence-electron chi connectivity index (χ3n) is 3.87. The van der Waals surface area contributed by atoms with E-state index in [0.717, 1.165) is 26.2 Å². The van der Waals surface area contributed by atoms with Crippen LogP contribution in [0.15, 0.2) is 24.5 Å². The normalized spacial score (nSPS) is 21.1. The molecule has 1 amide bonds. The van der Waals surface area contributed by atoms with Gasteiger partial charge < -0.3 is 5.32 Å². The van der Waals surface area contributed by atoms with Crippen LogP contribution in [0, 0.1) is 0 Å². The molecule has 1 aromatic heterocycles. The zero-order valence-corrected chi connectivity index (χ0v) is 12.5. The molecule has 5 heteroatoms. The molecule has 0 radical (unpaired) electrons. The van der Waals surface area contributed by atoms with E-state index in [4.69, 9.17) is 0 Å². The number of pyridine rings is 1. The van der Waals surface area contributed by atoms with Crippen molar-refractivity contribution in [3.8, 4) is 0 Å². The number of amides is 1. The van der Waals surface area contributed by atoms with Gasteiger partial charge in [0, 0.05) is 51.7 Å². The van der Waals surface area contributed by atoms with Crippen molar-refractivity contribution in [2.45, 2.75) is 32.5 Å². The molecule has 0 aromatic carbocycles. The lowest BCUT2D eigenvalue weighted by Gasteiger charge is -2.42. The summed E-state index contributed by atoms with van der Waals surface area (Å²) >= 11 is 0. The summed E-state index contributed by atoms with van der Waals surface area (Å²) in [6, 6.07) is 4.39. The number of nitrogens with zero attached hydrogens (tertiary/aromatic N) is 3. The highest BCUT2D eigenvalue weighted by Gasteiger charge is 2.33. The molecule has 1 saturated heterocycles. The van der Waals surface area contributed by atoms with Crippen molar-refractivity contribution < 1.29 is 4.79 Å². The van der Waals surface area contributed by atoms with Crippen molar-refractivity contribution in [2.75, 3.05) is 26.7 Å². The molecule has 1 fully saturated rings. The highest BCUT2D eigenvalue weighted by Crippen LogP contribution is 2.15. The number of likely N-dealkylation sites (N-methyl/N-ethyl adjacent to an activating group) is 1. The lowest BCUT2D eigenvalue weighted by atomic mass is 10.1. The molecule has 1 aliphatic rings. The largest absolute Gasteiger partial charge is 0.358 e. The fourth-order valence-corrected chi connectivity index (χ4v) is 2.76. The minimum atomic E-state index is -0.0596. The van der Waals surface area contributed by atoms with Crippen LogP contribution in [0.2, 0.25) is 0 Å². The Hall–Kier alpha value is -1.46. The van der Waals surface area contributed by atoms with E-state index in [1.807, 2.05) is 24.5 Å². The minimum Gasteiger partial charge on any atom is -0.358 e. The first-order chi connectivity index (χ1) is 9.61. The van der Waals surface area contributed by atoms with E-state index in [2.05, 4.69) is 33.9 Å². The molecule has 0 spiro atoms. The monoisotopic (exact) mass is 276 g/mol. The Kier molecular flexibility index (Phi) is 5.09. The van der Waals surface area contributed by atoms with Gasteiger partial charge in [0.2, 0.25) is 5.91 Å². The molecule has 110 valence electrons. The smallest absolute Gasteiger partial charge is 0.238 e. The average molecular weight is 276 g/mol. The maximum atomic E-state index is 12.1. The Balaban J connectivity index is 2.03. The van der Waals surface area contributed by atoms with E-state index in [9.17, 15) is 4.79 Å². The maximum absolute atomic E-state index is 12.1. The zero-order chi connectivity index (χ0) is 14.5. The van der Waals surface area contributed by atoms with Crippen LogP contribution in [0.3, 0.4) is 0 Å². The number of piperazine rings is 1. The van der Waals surface area contributed by atoms with Gasteiger partial charge >= 0.3 is 0 Å². The molecule has 2 rings (SSSR count). The summed E-state index contributed by atoms with van der Waals surface area (Å²) in [5.41, 5.74) is 1.24. The number of nitrogens with one attached hydrogen (secondary N) is 1. The number of rotatable bonds is 4. The van der Waals surface area contributed by atoms with Gasteiger partial charge in [0.1, 0.15) is 6.04 Å². The standard InChI is InChI=1S/C15H24N4O/c1-12(2)19-9-8-18(11-14(19)15(20)16-3)10-13-4-6-17-7-5-13/h4-7,12,14H,8-11H2,1-3H3,(H,16,20)/t14-/m1/s1. The zero-order valence-electron chi connectivity index (χ0n) is 12.5. The maximum Gasteiger partial charge on any atom is 0.238 e. The molecule has 1 aliphatic heterocycles. The summed E-state index contributed by atoms with van der Waals surface area (Å²) in [5, 5.41) is 2.79. The molecule has 0 unspecified atom stereocenters. The number of carbonyl (C=O) groups is 1. The Morgan fingerprint density at radius 1 is 1.40 bits per heavy atom. The van der Waals surface area contributed by atoms with Crippen LogP contribution < -0.4 is 5.32 Å². The fraction of sp³-hybridized carbons (Fsp3) is 0.600. The Bertz CT molecular complexity index is 435. The molecule has 1 atom stereocenters. The second-order valence-electron chi connectivity index (χ2n) is 5.55. The van der Waals surface area contributed by atoms with E-state index >= 15 is 0 Å². The summed E-state index contributed by atoms with van der Waals surface area (Å²) in [6.07, 6.45) is 3.63. The summed E-state index contributed by atoms with van der Waals surface area (Å²) in [7, 11) is 1.71. The number of hydrogen-bond donors (Lipinski definition) is 1. The summed E-state index contributed by atoms with van der Waals surface area (Å²) in [6.45, 7) is 7.87. The quantitative estimate of drug-likeness (QED) is 0.880. The van der Waals surface area contributed by atoms with Gasteiger partial charge in [-0.1, -0.05) is 0 Å². The molecule has 0 bridgehead atoms. The predicted octanol–water partition coefficient (Wildman–Crippen LogP) is 0.722. The van der Waals surface area contributed by atoms with E-state index < -0.39 is 0 Å². The number of carbonyl (C=O) groups excluding carboxylic acids is 1. The van der Waals surface area contributed by atoms with Crippen molar-refractivity contribution in [1.29, 1.82) is 0 Å². The highest BCUT2D eigenvalue weighted by molar-refractivity contribution is 5.81. The van der Waals surface area contributed by atoms with Crippen molar-refractivity contribution in [3.63, 3.8) is 0 Å². The van der Waals surface area contributed by atoms with Gasteiger partial charge in [-0.15, -0.1) is 0 Å². The first-order valence-electron chi connectivity index (χ1n) is 7.20.